The van der Waals surface area contributed by atoms with Crippen LogP contribution in [0.5, 0.6) is 5.75 Å². The van der Waals surface area contributed by atoms with E-state index in [1.54, 1.807) is 0 Å². The summed E-state index contributed by atoms with van der Waals surface area (Å²) in [6, 6.07) is 24.3. The zero-order valence-electron chi connectivity index (χ0n) is 19.9. The Bertz CT molecular complexity index is 1060. The maximum absolute atomic E-state index is 12.0. The van der Waals surface area contributed by atoms with Gasteiger partial charge in [-0.1, -0.05) is 61.5 Å². The standard InChI is InChI=1S/C29H35NO3/c1-4-28(29(31)32-5-2)33-25-17-14-21(15-18-25)23-13-16-24(19-23)30-20(3)26-12-8-10-22-9-6-7-11-27(22)26/h6-12,14-15,17-18,20,23-24,28,30H,4-5,13,16,19H2,1-3H3/t20?,23-,24+,28?/m1/s1. The van der Waals surface area contributed by atoms with E-state index in [2.05, 4.69) is 66.8 Å². The fourth-order valence-corrected chi connectivity index (χ4v) is 5.02. The molecule has 0 amide bonds. The number of nitrogens with one attached hydrogen (secondary N) is 1. The van der Waals surface area contributed by atoms with Crippen molar-refractivity contribution in [2.75, 3.05) is 6.61 Å². The lowest BCUT2D eigenvalue weighted by atomic mass is 9.96. The summed E-state index contributed by atoms with van der Waals surface area (Å²) in [5.74, 6) is 0.966. The van der Waals surface area contributed by atoms with Gasteiger partial charge in [-0.25, -0.2) is 4.79 Å². The first kappa shape index (κ1) is 23.3. The molecule has 4 atom stereocenters. The molecule has 0 aliphatic heterocycles. The van der Waals surface area contributed by atoms with Crippen molar-refractivity contribution in [3.63, 3.8) is 0 Å². The summed E-state index contributed by atoms with van der Waals surface area (Å²) in [5, 5.41) is 6.51. The van der Waals surface area contributed by atoms with Crippen LogP contribution < -0.4 is 10.1 Å². The van der Waals surface area contributed by atoms with Crippen LogP contribution in [0.1, 0.15) is 69.5 Å². The van der Waals surface area contributed by atoms with E-state index in [9.17, 15) is 4.79 Å². The number of carbonyl (C=O) groups is 1. The summed E-state index contributed by atoms with van der Waals surface area (Å²) < 4.78 is 11.0. The van der Waals surface area contributed by atoms with Gasteiger partial charge in [0.2, 0.25) is 0 Å². The van der Waals surface area contributed by atoms with E-state index in [-0.39, 0.29) is 5.97 Å². The van der Waals surface area contributed by atoms with Gasteiger partial charge in [0.05, 0.1) is 6.61 Å². The predicted molar refractivity (Wildman–Crippen MR) is 134 cm³/mol. The molecule has 174 valence electrons. The van der Waals surface area contributed by atoms with Crippen LogP contribution in [0, 0.1) is 0 Å². The third-order valence-corrected chi connectivity index (χ3v) is 6.76. The van der Waals surface area contributed by atoms with E-state index in [0.29, 0.717) is 31.0 Å². The van der Waals surface area contributed by atoms with Crippen LogP contribution in [0.4, 0.5) is 0 Å². The smallest absolute Gasteiger partial charge is 0.347 e. The number of benzene rings is 3. The molecule has 0 heterocycles. The highest BCUT2D eigenvalue weighted by molar-refractivity contribution is 5.86. The van der Waals surface area contributed by atoms with E-state index in [1.165, 1.54) is 34.7 Å². The molecule has 1 fully saturated rings. The van der Waals surface area contributed by atoms with Crippen molar-refractivity contribution in [1.82, 2.24) is 5.32 Å². The Morgan fingerprint density at radius 3 is 2.52 bits per heavy atom. The summed E-state index contributed by atoms with van der Waals surface area (Å²) in [5.41, 5.74) is 2.71. The minimum Gasteiger partial charge on any atom is -0.479 e. The number of rotatable bonds is 9. The largest absolute Gasteiger partial charge is 0.479 e. The molecule has 0 spiro atoms. The lowest BCUT2D eigenvalue weighted by Gasteiger charge is -2.22. The van der Waals surface area contributed by atoms with Gasteiger partial charge in [0.1, 0.15) is 5.75 Å². The van der Waals surface area contributed by atoms with Gasteiger partial charge in [-0.2, -0.15) is 0 Å². The first-order valence-electron chi connectivity index (χ1n) is 12.3. The zero-order chi connectivity index (χ0) is 23.2. The maximum atomic E-state index is 12.0. The van der Waals surface area contributed by atoms with E-state index in [4.69, 9.17) is 9.47 Å². The normalized spacial score (nSPS) is 19.8. The molecular weight excluding hydrogens is 410 g/mol. The van der Waals surface area contributed by atoms with Crippen molar-refractivity contribution in [3.05, 3.63) is 77.9 Å². The fourth-order valence-electron chi connectivity index (χ4n) is 5.02. The minimum absolute atomic E-state index is 0.297. The van der Waals surface area contributed by atoms with Crippen molar-refractivity contribution in [3.8, 4) is 5.75 Å². The predicted octanol–water partition coefficient (Wildman–Crippen LogP) is 6.55. The van der Waals surface area contributed by atoms with Crippen molar-refractivity contribution in [1.29, 1.82) is 0 Å². The third kappa shape index (κ3) is 5.56. The summed E-state index contributed by atoms with van der Waals surface area (Å²) in [4.78, 5) is 12.0. The van der Waals surface area contributed by atoms with Crippen LogP contribution in [0.3, 0.4) is 0 Å². The van der Waals surface area contributed by atoms with Crippen molar-refractivity contribution in [2.24, 2.45) is 0 Å². The highest BCUT2D eigenvalue weighted by atomic mass is 16.6. The maximum Gasteiger partial charge on any atom is 0.347 e. The highest BCUT2D eigenvalue weighted by Crippen LogP contribution is 2.36. The van der Waals surface area contributed by atoms with Crippen LogP contribution >= 0.6 is 0 Å². The molecule has 0 bridgehead atoms. The Balaban J connectivity index is 1.35. The van der Waals surface area contributed by atoms with Gasteiger partial charge in [0.25, 0.3) is 0 Å². The molecule has 4 nitrogen and oxygen atoms in total. The van der Waals surface area contributed by atoms with Gasteiger partial charge < -0.3 is 14.8 Å². The topological polar surface area (TPSA) is 47.6 Å². The van der Waals surface area contributed by atoms with Crippen LogP contribution in [0.25, 0.3) is 10.8 Å². The van der Waals surface area contributed by atoms with E-state index in [0.717, 1.165) is 12.2 Å². The van der Waals surface area contributed by atoms with Gasteiger partial charge in [-0.15, -0.1) is 0 Å². The number of carbonyl (C=O) groups excluding carboxylic acids is 1. The Kier molecular flexibility index (Phi) is 7.66. The molecule has 1 aliphatic carbocycles. The highest BCUT2D eigenvalue weighted by Gasteiger charge is 2.27. The van der Waals surface area contributed by atoms with Crippen LogP contribution in [-0.2, 0) is 9.53 Å². The van der Waals surface area contributed by atoms with Gasteiger partial charge >= 0.3 is 5.97 Å². The van der Waals surface area contributed by atoms with Crippen molar-refractivity contribution in [2.45, 2.75) is 70.6 Å². The molecule has 1 aliphatic rings. The second-order valence-corrected chi connectivity index (χ2v) is 9.00. The van der Waals surface area contributed by atoms with E-state index in [1.807, 2.05) is 26.0 Å². The third-order valence-electron chi connectivity index (χ3n) is 6.76. The van der Waals surface area contributed by atoms with E-state index >= 15 is 0 Å². The molecule has 1 saturated carbocycles. The molecule has 33 heavy (non-hydrogen) atoms. The number of ether oxygens (including phenoxy) is 2. The number of esters is 1. The fraction of sp³-hybridized carbons (Fsp3) is 0.414. The first-order chi connectivity index (χ1) is 16.1. The van der Waals surface area contributed by atoms with Gasteiger partial charge in [0.15, 0.2) is 6.10 Å². The molecule has 3 aromatic rings. The SMILES string of the molecule is CCOC(=O)C(CC)Oc1ccc([C@@H]2CC[C@H](NC(C)c3cccc4ccccc34)C2)cc1. The molecule has 3 aromatic carbocycles. The Hall–Kier alpha value is -2.85. The molecule has 0 saturated heterocycles. The van der Waals surface area contributed by atoms with Crippen LogP contribution in [-0.4, -0.2) is 24.7 Å². The van der Waals surface area contributed by atoms with Gasteiger partial charge in [-0.05, 0) is 79.5 Å². The Morgan fingerprint density at radius 2 is 1.76 bits per heavy atom. The number of hydrogen-bond donors (Lipinski definition) is 1. The number of fused-ring (bicyclic) bond motifs is 1. The molecule has 4 heteroatoms. The average molecular weight is 446 g/mol. The van der Waals surface area contributed by atoms with Crippen molar-refractivity contribution >= 4 is 16.7 Å². The first-order valence-corrected chi connectivity index (χ1v) is 12.3. The van der Waals surface area contributed by atoms with Crippen LogP contribution in [0.15, 0.2) is 66.7 Å². The zero-order valence-corrected chi connectivity index (χ0v) is 19.9. The number of hydrogen-bond acceptors (Lipinski definition) is 4. The molecule has 1 N–H and O–H groups in total. The van der Waals surface area contributed by atoms with Gasteiger partial charge in [-0.3, -0.25) is 0 Å². The molecule has 0 radical (unpaired) electrons. The van der Waals surface area contributed by atoms with E-state index < -0.39 is 6.10 Å². The minimum atomic E-state index is -0.550. The van der Waals surface area contributed by atoms with Gasteiger partial charge in [0, 0.05) is 12.1 Å². The monoisotopic (exact) mass is 445 g/mol. The average Bonchev–Trinajstić information content (AvgIpc) is 3.31. The summed E-state index contributed by atoms with van der Waals surface area (Å²) >= 11 is 0. The lowest BCUT2D eigenvalue weighted by molar-refractivity contribution is -0.151. The molecule has 4 rings (SSSR count). The molecule has 0 aromatic heterocycles. The lowest BCUT2D eigenvalue weighted by Crippen LogP contribution is -2.29. The van der Waals surface area contributed by atoms with Crippen molar-refractivity contribution < 1.29 is 14.3 Å². The molecule has 2 unspecified atom stereocenters. The Labute approximate surface area is 197 Å². The summed E-state index contributed by atoms with van der Waals surface area (Å²) in [6.07, 6.45) is 3.53. The Morgan fingerprint density at radius 1 is 1.00 bits per heavy atom. The summed E-state index contributed by atoms with van der Waals surface area (Å²) in [6.45, 7) is 6.38. The second kappa shape index (κ2) is 10.8. The second-order valence-electron chi connectivity index (χ2n) is 9.00. The summed E-state index contributed by atoms with van der Waals surface area (Å²) in [7, 11) is 0. The quantitative estimate of drug-likeness (QED) is 0.380. The van der Waals surface area contributed by atoms with Crippen LogP contribution in [0.2, 0.25) is 0 Å². The molecular formula is C29H35NO3.